The molecule has 2 N–H and O–H groups in total. The minimum absolute atomic E-state index is 0.0167. The molecule has 0 saturated heterocycles. The van der Waals surface area contributed by atoms with E-state index in [1.165, 1.54) is 24.5 Å². The van der Waals surface area contributed by atoms with Crippen molar-refractivity contribution in [3.63, 3.8) is 0 Å². The van der Waals surface area contributed by atoms with Crippen LogP contribution in [0.25, 0.3) is 6.08 Å². The van der Waals surface area contributed by atoms with Crippen molar-refractivity contribution in [3.8, 4) is 5.75 Å². The maximum Gasteiger partial charge on any atom is 0.248 e. The van der Waals surface area contributed by atoms with E-state index in [4.69, 9.17) is 9.15 Å². The average molecular weight is 441 g/mol. The Morgan fingerprint density at radius 3 is 2.48 bits per heavy atom. The van der Waals surface area contributed by atoms with Gasteiger partial charge in [0, 0.05) is 6.08 Å². The molecule has 0 radical (unpaired) electrons. The lowest BCUT2D eigenvalue weighted by atomic mass is 10.2. The van der Waals surface area contributed by atoms with E-state index < -0.39 is 10.0 Å². The number of furan rings is 1. The van der Waals surface area contributed by atoms with Crippen LogP contribution < -0.4 is 14.8 Å². The number of nitrogens with one attached hydrogen (secondary N) is 2. The molecule has 3 rings (SSSR count). The molecule has 1 amide bonds. The highest BCUT2D eigenvalue weighted by Crippen LogP contribution is 2.24. The van der Waals surface area contributed by atoms with Crippen LogP contribution >= 0.6 is 0 Å². The molecule has 0 aliphatic rings. The first-order valence-electron chi connectivity index (χ1n) is 9.70. The van der Waals surface area contributed by atoms with Gasteiger partial charge < -0.3 is 14.5 Å². The molecule has 1 heterocycles. The molecule has 3 aromatic rings. The van der Waals surface area contributed by atoms with Gasteiger partial charge >= 0.3 is 0 Å². The van der Waals surface area contributed by atoms with Crippen molar-refractivity contribution < 1.29 is 22.4 Å². The second-order valence-electron chi connectivity index (χ2n) is 6.96. The van der Waals surface area contributed by atoms with Crippen molar-refractivity contribution in [2.24, 2.45) is 0 Å². The van der Waals surface area contributed by atoms with E-state index >= 15 is 0 Å². The predicted molar refractivity (Wildman–Crippen MR) is 119 cm³/mol. The number of para-hydroxylation sites is 2. The van der Waals surface area contributed by atoms with Crippen LogP contribution in [0.1, 0.15) is 25.2 Å². The fourth-order valence-electron chi connectivity index (χ4n) is 2.69. The Kier molecular flexibility index (Phi) is 7.28. The van der Waals surface area contributed by atoms with Gasteiger partial charge in [0.05, 0.1) is 29.5 Å². The van der Waals surface area contributed by atoms with Crippen molar-refractivity contribution in [3.05, 3.63) is 84.3 Å². The molecular weight excluding hydrogens is 416 g/mol. The summed E-state index contributed by atoms with van der Waals surface area (Å²) >= 11 is 0. The van der Waals surface area contributed by atoms with Crippen LogP contribution in [0.3, 0.4) is 0 Å². The van der Waals surface area contributed by atoms with Crippen LogP contribution in [0.2, 0.25) is 0 Å². The van der Waals surface area contributed by atoms with E-state index in [9.17, 15) is 13.2 Å². The van der Waals surface area contributed by atoms with Crippen molar-refractivity contribution in [1.82, 2.24) is 4.72 Å². The summed E-state index contributed by atoms with van der Waals surface area (Å²) in [6.45, 7) is 3.89. The maximum atomic E-state index is 12.4. The first kappa shape index (κ1) is 22.3. The summed E-state index contributed by atoms with van der Waals surface area (Å²) in [6.07, 6.45) is 4.45. The minimum atomic E-state index is -3.67. The molecule has 0 aliphatic heterocycles. The third-order valence-corrected chi connectivity index (χ3v) is 5.56. The highest BCUT2D eigenvalue weighted by Gasteiger charge is 2.14. The van der Waals surface area contributed by atoms with Crippen LogP contribution in [0.15, 0.2) is 82.3 Å². The molecule has 0 unspecified atom stereocenters. The number of benzene rings is 2. The summed E-state index contributed by atoms with van der Waals surface area (Å²) in [5, 5.41) is 2.79. The number of carbonyl (C=O) groups excluding carboxylic acids is 1. The van der Waals surface area contributed by atoms with Gasteiger partial charge in [-0.3, -0.25) is 4.79 Å². The van der Waals surface area contributed by atoms with Gasteiger partial charge in [0.1, 0.15) is 11.5 Å². The Hall–Kier alpha value is -3.36. The number of amides is 1. The zero-order valence-corrected chi connectivity index (χ0v) is 18.1. The van der Waals surface area contributed by atoms with Gasteiger partial charge in [-0.2, -0.15) is 0 Å². The quantitative estimate of drug-likeness (QED) is 0.486. The predicted octanol–water partition coefficient (Wildman–Crippen LogP) is 4.20. The van der Waals surface area contributed by atoms with Crippen LogP contribution in [0.5, 0.6) is 5.75 Å². The summed E-state index contributed by atoms with van der Waals surface area (Å²) in [4.78, 5) is 12.4. The standard InChI is InChI=1S/C23H24N2O5S/c1-17(2)30-22-8-4-3-7-21(22)25-23(26)14-11-18-9-12-20(13-10-18)31(27,28)24-16-19-6-5-15-29-19/h3-15,17,24H,16H2,1-2H3,(H,25,26)/b14-11+. The fraction of sp³-hybridized carbons (Fsp3) is 0.174. The second kappa shape index (κ2) is 10.1. The minimum Gasteiger partial charge on any atom is -0.489 e. The molecule has 31 heavy (non-hydrogen) atoms. The smallest absolute Gasteiger partial charge is 0.248 e. The second-order valence-corrected chi connectivity index (χ2v) is 8.73. The SMILES string of the molecule is CC(C)Oc1ccccc1NC(=O)/C=C/c1ccc(S(=O)(=O)NCc2ccco2)cc1. The topological polar surface area (TPSA) is 97.6 Å². The van der Waals surface area contributed by atoms with E-state index in [0.29, 0.717) is 22.8 Å². The molecule has 0 fully saturated rings. The third kappa shape index (κ3) is 6.56. The molecule has 0 bridgehead atoms. The van der Waals surface area contributed by atoms with E-state index in [1.54, 1.807) is 42.5 Å². The Morgan fingerprint density at radius 1 is 1.06 bits per heavy atom. The van der Waals surface area contributed by atoms with Gasteiger partial charge in [-0.1, -0.05) is 24.3 Å². The van der Waals surface area contributed by atoms with E-state index in [0.717, 1.165) is 0 Å². The largest absolute Gasteiger partial charge is 0.489 e. The van der Waals surface area contributed by atoms with Crippen LogP contribution in [-0.2, 0) is 21.4 Å². The van der Waals surface area contributed by atoms with Crippen molar-refractivity contribution in [2.75, 3.05) is 5.32 Å². The zero-order chi connectivity index (χ0) is 22.3. The number of hydrogen-bond donors (Lipinski definition) is 2. The van der Waals surface area contributed by atoms with Crippen molar-refractivity contribution in [1.29, 1.82) is 0 Å². The highest BCUT2D eigenvalue weighted by molar-refractivity contribution is 7.89. The fourth-order valence-corrected chi connectivity index (χ4v) is 3.69. The summed E-state index contributed by atoms with van der Waals surface area (Å²) in [7, 11) is -3.67. The summed E-state index contributed by atoms with van der Waals surface area (Å²) in [6, 6.07) is 16.8. The molecule has 2 aromatic carbocycles. The number of hydrogen-bond acceptors (Lipinski definition) is 5. The maximum absolute atomic E-state index is 12.4. The highest BCUT2D eigenvalue weighted by atomic mass is 32.2. The van der Waals surface area contributed by atoms with Crippen molar-refractivity contribution in [2.45, 2.75) is 31.4 Å². The molecule has 0 saturated carbocycles. The molecule has 162 valence electrons. The van der Waals surface area contributed by atoms with E-state index in [-0.39, 0.29) is 23.5 Å². The Labute approximate surface area is 181 Å². The lowest BCUT2D eigenvalue weighted by Crippen LogP contribution is -2.22. The first-order valence-corrected chi connectivity index (χ1v) is 11.2. The van der Waals surface area contributed by atoms with Crippen molar-refractivity contribution >= 4 is 27.7 Å². The molecule has 0 aliphatic carbocycles. The molecule has 0 atom stereocenters. The Bertz CT molecular complexity index is 1130. The molecule has 1 aromatic heterocycles. The van der Waals surface area contributed by atoms with Gasteiger partial charge in [0.25, 0.3) is 0 Å². The number of sulfonamides is 1. The van der Waals surface area contributed by atoms with Crippen LogP contribution in [0.4, 0.5) is 5.69 Å². The van der Waals surface area contributed by atoms with E-state index in [2.05, 4.69) is 10.0 Å². The van der Waals surface area contributed by atoms with Crippen LogP contribution in [0, 0.1) is 0 Å². The van der Waals surface area contributed by atoms with Gasteiger partial charge in [-0.05, 0) is 61.9 Å². The Balaban J connectivity index is 1.61. The number of rotatable bonds is 9. The first-order chi connectivity index (χ1) is 14.8. The lowest BCUT2D eigenvalue weighted by molar-refractivity contribution is -0.111. The number of anilines is 1. The monoisotopic (exact) mass is 440 g/mol. The zero-order valence-electron chi connectivity index (χ0n) is 17.2. The summed E-state index contributed by atoms with van der Waals surface area (Å²) < 4.78 is 38.0. The van der Waals surface area contributed by atoms with Gasteiger partial charge in [-0.25, -0.2) is 13.1 Å². The summed E-state index contributed by atoms with van der Waals surface area (Å²) in [5.41, 5.74) is 1.27. The third-order valence-electron chi connectivity index (χ3n) is 4.14. The normalized spacial score (nSPS) is 11.7. The Morgan fingerprint density at radius 2 is 1.81 bits per heavy atom. The van der Waals surface area contributed by atoms with Crippen LogP contribution in [-0.4, -0.2) is 20.4 Å². The molecule has 0 spiro atoms. The number of carbonyl (C=O) groups is 1. The van der Waals surface area contributed by atoms with E-state index in [1.807, 2.05) is 26.0 Å². The average Bonchev–Trinajstić information content (AvgIpc) is 3.26. The molecule has 7 nitrogen and oxygen atoms in total. The van der Waals surface area contributed by atoms with Gasteiger partial charge in [0.2, 0.25) is 15.9 Å². The lowest BCUT2D eigenvalue weighted by Gasteiger charge is -2.14. The summed E-state index contributed by atoms with van der Waals surface area (Å²) in [5.74, 6) is 0.794. The van der Waals surface area contributed by atoms with Gasteiger partial charge in [0.15, 0.2) is 0 Å². The molecule has 8 heteroatoms. The van der Waals surface area contributed by atoms with Gasteiger partial charge in [-0.15, -0.1) is 0 Å². The molecular formula is C23H24N2O5S. The number of ether oxygens (including phenoxy) is 1.